The van der Waals surface area contributed by atoms with E-state index in [2.05, 4.69) is 20.6 Å². The van der Waals surface area contributed by atoms with Crippen LogP contribution in [-0.4, -0.2) is 19.8 Å². The zero-order valence-electron chi connectivity index (χ0n) is 10.5. The summed E-state index contributed by atoms with van der Waals surface area (Å²) in [6, 6.07) is 3.60. The van der Waals surface area contributed by atoms with Gasteiger partial charge in [0.1, 0.15) is 5.76 Å². The number of anilines is 1. The first-order valence-electron chi connectivity index (χ1n) is 5.81. The fraction of sp³-hybridized carbons (Fsp3) is 0.250. The molecule has 19 heavy (non-hydrogen) atoms. The van der Waals surface area contributed by atoms with Crippen molar-refractivity contribution in [1.82, 2.24) is 19.8 Å². The van der Waals surface area contributed by atoms with Gasteiger partial charge in [-0.25, -0.2) is 4.52 Å². The minimum atomic E-state index is 0.544. The molecule has 0 spiro atoms. The zero-order valence-corrected chi connectivity index (χ0v) is 11.3. The second-order valence-electron chi connectivity index (χ2n) is 4.24. The molecule has 0 saturated carbocycles. The Labute approximate surface area is 114 Å². The Hall–Kier alpha value is -2.08. The lowest BCUT2D eigenvalue weighted by Gasteiger charge is -2.00. The Morgan fingerprint density at radius 3 is 2.95 bits per heavy atom. The highest BCUT2D eigenvalue weighted by Crippen LogP contribution is 2.15. The third-order valence-electron chi connectivity index (χ3n) is 2.90. The molecule has 3 rings (SSSR count). The molecule has 0 amide bonds. The first kappa shape index (κ1) is 12.0. The summed E-state index contributed by atoms with van der Waals surface area (Å²) in [4.78, 5) is 4.34. The Morgan fingerprint density at radius 1 is 1.37 bits per heavy atom. The maximum Gasteiger partial charge on any atom is 0.243 e. The summed E-state index contributed by atoms with van der Waals surface area (Å²) in [7, 11) is 0. The van der Waals surface area contributed by atoms with Crippen LogP contribution in [0.5, 0.6) is 0 Å². The van der Waals surface area contributed by atoms with Gasteiger partial charge in [0, 0.05) is 18.3 Å². The molecule has 3 heterocycles. The summed E-state index contributed by atoms with van der Waals surface area (Å²) in [6.45, 7) is 4.37. The quantitative estimate of drug-likeness (QED) is 0.797. The summed E-state index contributed by atoms with van der Waals surface area (Å²) < 4.78 is 6.74. The van der Waals surface area contributed by atoms with Crippen molar-refractivity contribution in [3.63, 3.8) is 0 Å². The van der Waals surface area contributed by atoms with Crippen molar-refractivity contribution in [3.05, 3.63) is 40.4 Å². The van der Waals surface area contributed by atoms with Crippen LogP contribution in [0.25, 0.3) is 5.65 Å². The maximum absolute atomic E-state index is 5.90. The molecular weight excluding hydrogens is 266 g/mol. The summed E-state index contributed by atoms with van der Waals surface area (Å²) >= 11 is 5.90. The van der Waals surface area contributed by atoms with Crippen LogP contribution in [0, 0.1) is 13.8 Å². The Balaban J connectivity index is 1.82. The number of hydrogen-bond donors (Lipinski definition) is 1. The van der Waals surface area contributed by atoms with Gasteiger partial charge in [-0.05, 0) is 26.0 Å². The topological polar surface area (TPSA) is 68.2 Å². The molecule has 0 saturated heterocycles. The predicted octanol–water partition coefficient (Wildman–Crippen LogP) is 2.60. The third-order valence-corrected chi connectivity index (χ3v) is 3.12. The standard InChI is InChI=1S/C12H12ClN5O/c1-7-10(8(2)19-17-7)5-14-12-15-11-4-3-9(13)6-18(11)16-12/h3-4,6H,5H2,1-2H3,(H,14,16). The van der Waals surface area contributed by atoms with Gasteiger partial charge in [-0.15, -0.1) is 5.10 Å². The van der Waals surface area contributed by atoms with Crippen LogP contribution in [0.2, 0.25) is 5.02 Å². The highest BCUT2D eigenvalue weighted by molar-refractivity contribution is 6.30. The molecule has 0 radical (unpaired) electrons. The van der Waals surface area contributed by atoms with Gasteiger partial charge < -0.3 is 9.84 Å². The fourth-order valence-electron chi connectivity index (χ4n) is 1.85. The maximum atomic E-state index is 5.90. The molecular formula is C12H12ClN5O. The van der Waals surface area contributed by atoms with E-state index in [9.17, 15) is 0 Å². The van der Waals surface area contributed by atoms with Gasteiger partial charge in [-0.2, -0.15) is 4.98 Å². The van der Waals surface area contributed by atoms with Crippen LogP contribution in [0.4, 0.5) is 5.95 Å². The molecule has 0 bridgehead atoms. The lowest BCUT2D eigenvalue weighted by molar-refractivity contribution is 0.392. The van der Waals surface area contributed by atoms with E-state index in [4.69, 9.17) is 16.1 Å². The highest BCUT2D eigenvalue weighted by atomic mass is 35.5. The molecule has 6 nitrogen and oxygen atoms in total. The van der Waals surface area contributed by atoms with E-state index in [-0.39, 0.29) is 0 Å². The van der Waals surface area contributed by atoms with Crippen molar-refractivity contribution in [3.8, 4) is 0 Å². The van der Waals surface area contributed by atoms with Crippen LogP contribution in [0.15, 0.2) is 22.9 Å². The molecule has 0 aromatic carbocycles. The van der Waals surface area contributed by atoms with Crippen molar-refractivity contribution in [1.29, 1.82) is 0 Å². The van der Waals surface area contributed by atoms with E-state index in [1.54, 1.807) is 16.8 Å². The SMILES string of the molecule is Cc1noc(C)c1CNc1nc2ccc(Cl)cn2n1. The number of nitrogens with one attached hydrogen (secondary N) is 1. The van der Waals surface area contributed by atoms with Crippen LogP contribution in [0.3, 0.4) is 0 Å². The average molecular weight is 278 g/mol. The molecule has 0 aliphatic heterocycles. The average Bonchev–Trinajstić information content (AvgIpc) is 2.91. The fourth-order valence-corrected chi connectivity index (χ4v) is 2.01. The molecule has 0 unspecified atom stereocenters. The smallest absolute Gasteiger partial charge is 0.243 e. The van der Waals surface area contributed by atoms with Gasteiger partial charge in [0.05, 0.1) is 10.7 Å². The first-order chi connectivity index (χ1) is 9.13. The molecule has 0 aliphatic carbocycles. The highest BCUT2D eigenvalue weighted by Gasteiger charge is 2.10. The normalized spacial score (nSPS) is 11.1. The van der Waals surface area contributed by atoms with Crippen LogP contribution in [-0.2, 0) is 6.54 Å². The zero-order chi connectivity index (χ0) is 13.4. The minimum Gasteiger partial charge on any atom is -0.361 e. The van der Waals surface area contributed by atoms with Crippen LogP contribution >= 0.6 is 11.6 Å². The second-order valence-corrected chi connectivity index (χ2v) is 4.68. The Bertz CT molecular complexity index is 713. The van der Waals surface area contributed by atoms with Gasteiger partial charge in [-0.1, -0.05) is 16.8 Å². The van der Waals surface area contributed by atoms with Crippen LogP contribution < -0.4 is 5.32 Å². The lowest BCUT2D eigenvalue weighted by Crippen LogP contribution is -2.03. The van der Waals surface area contributed by atoms with Gasteiger partial charge in [0.2, 0.25) is 5.95 Å². The summed E-state index contributed by atoms with van der Waals surface area (Å²) in [5.74, 6) is 1.35. The Kier molecular flexibility index (Phi) is 2.87. The summed E-state index contributed by atoms with van der Waals surface area (Å²) in [6.07, 6.45) is 1.71. The Morgan fingerprint density at radius 2 is 2.21 bits per heavy atom. The van der Waals surface area contributed by atoms with Gasteiger partial charge >= 0.3 is 0 Å². The second kappa shape index (κ2) is 4.55. The number of fused-ring (bicyclic) bond motifs is 1. The summed E-state index contributed by atoms with van der Waals surface area (Å²) in [5.41, 5.74) is 2.64. The molecule has 7 heteroatoms. The van der Waals surface area contributed by atoms with E-state index >= 15 is 0 Å². The van der Waals surface area contributed by atoms with E-state index < -0.39 is 0 Å². The van der Waals surface area contributed by atoms with Crippen molar-refractivity contribution < 1.29 is 4.52 Å². The number of hydrogen-bond acceptors (Lipinski definition) is 5. The van der Waals surface area contributed by atoms with E-state index in [0.29, 0.717) is 17.5 Å². The van der Waals surface area contributed by atoms with Crippen molar-refractivity contribution in [2.75, 3.05) is 5.32 Å². The van der Waals surface area contributed by atoms with Gasteiger partial charge in [0.25, 0.3) is 0 Å². The number of rotatable bonds is 3. The van der Waals surface area contributed by atoms with Crippen molar-refractivity contribution in [2.24, 2.45) is 0 Å². The first-order valence-corrected chi connectivity index (χ1v) is 6.19. The van der Waals surface area contributed by atoms with Crippen molar-refractivity contribution >= 4 is 23.2 Å². The van der Waals surface area contributed by atoms with E-state index in [1.807, 2.05) is 19.9 Å². The monoisotopic (exact) mass is 277 g/mol. The molecule has 0 aliphatic rings. The summed E-state index contributed by atoms with van der Waals surface area (Å²) in [5, 5.41) is 12.0. The van der Waals surface area contributed by atoms with Gasteiger partial charge in [-0.3, -0.25) is 0 Å². The molecule has 3 aromatic rings. The van der Waals surface area contributed by atoms with Crippen LogP contribution in [0.1, 0.15) is 17.0 Å². The molecule has 98 valence electrons. The molecule has 0 atom stereocenters. The molecule has 0 fully saturated rings. The van der Waals surface area contributed by atoms with E-state index in [1.165, 1.54) is 0 Å². The minimum absolute atomic E-state index is 0.544. The van der Waals surface area contributed by atoms with Crippen molar-refractivity contribution in [2.45, 2.75) is 20.4 Å². The number of aromatic nitrogens is 4. The lowest BCUT2D eigenvalue weighted by atomic mass is 10.2. The molecule has 1 N–H and O–H groups in total. The molecule has 3 aromatic heterocycles. The number of halogens is 1. The van der Waals surface area contributed by atoms with E-state index in [0.717, 1.165) is 22.7 Å². The predicted molar refractivity (Wildman–Crippen MR) is 71.3 cm³/mol. The largest absolute Gasteiger partial charge is 0.361 e. The third kappa shape index (κ3) is 2.26. The van der Waals surface area contributed by atoms with Gasteiger partial charge in [0.15, 0.2) is 5.65 Å². The number of nitrogens with zero attached hydrogens (tertiary/aromatic N) is 4. The number of pyridine rings is 1. The number of aryl methyl sites for hydroxylation is 2.